The fourth-order valence-electron chi connectivity index (χ4n) is 3.66. The Kier molecular flexibility index (Phi) is 3.82. The summed E-state index contributed by atoms with van der Waals surface area (Å²) in [5.74, 6) is 0. The Morgan fingerprint density at radius 2 is 2.08 bits per heavy atom. The molecule has 0 saturated heterocycles. The Hall–Kier alpha value is -2.24. The van der Waals surface area contributed by atoms with Crippen LogP contribution in [0.4, 0.5) is 0 Å². The van der Waals surface area contributed by atoms with E-state index in [1.807, 2.05) is 18.3 Å². The summed E-state index contributed by atoms with van der Waals surface area (Å²) in [6, 6.07) is 6.19. The molecular weight excluding hydrogens is 298 g/mol. The fourth-order valence-corrected chi connectivity index (χ4v) is 3.66. The van der Waals surface area contributed by atoms with Crippen molar-refractivity contribution in [3.63, 3.8) is 0 Å². The zero-order valence-electron chi connectivity index (χ0n) is 14.2. The van der Waals surface area contributed by atoms with Crippen molar-refractivity contribution < 1.29 is 0 Å². The van der Waals surface area contributed by atoms with Gasteiger partial charge in [0.05, 0.1) is 0 Å². The third-order valence-electron chi connectivity index (χ3n) is 4.93. The van der Waals surface area contributed by atoms with E-state index in [9.17, 15) is 0 Å². The van der Waals surface area contributed by atoms with Crippen LogP contribution in [0.1, 0.15) is 28.4 Å². The van der Waals surface area contributed by atoms with Crippen molar-refractivity contribution in [3.05, 3.63) is 59.2 Å². The van der Waals surface area contributed by atoms with Crippen LogP contribution >= 0.6 is 0 Å². The van der Waals surface area contributed by atoms with Crippen LogP contribution in [-0.2, 0) is 19.5 Å². The highest BCUT2D eigenvalue weighted by molar-refractivity contribution is 5.83. The third kappa shape index (κ3) is 2.60. The van der Waals surface area contributed by atoms with Gasteiger partial charge in [-0.2, -0.15) is 0 Å². The first kappa shape index (κ1) is 15.3. The lowest BCUT2D eigenvalue weighted by molar-refractivity contribution is 0.308. The fraction of sp³-hybridized carbons (Fsp3) is 0.368. The molecule has 4 rings (SSSR count). The second-order valence-electron chi connectivity index (χ2n) is 6.79. The van der Waals surface area contributed by atoms with Crippen molar-refractivity contribution in [1.82, 2.24) is 19.4 Å². The number of likely N-dealkylation sites (N-methyl/N-ethyl adjacent to an activating group) is 1. The standard InChI is InChI=1S/C19H23N5/c1-13-9-15-16-11-23(2)8-5-18(16)24(19(15)22-10-13)12-17(20)14-3-6-21-7-4-14/h3-4,6-7,9-10,17H,5,8,11-12,20H2,1-2H3. The molecule has 0 radical (unpaired) electrons. The van der Waals surface area contributed by atoms with Gasteiger partial charge in [0.15, 0.2) is 0 Å². The van der Waals surface area contributed by atoms with Gasteiger partial charge in [-0.25, -0.2) is 4.98 Å². The lowest BCUT2D eigenvalue weighted by Gasteiger charge is -2.25. The van der Waals surface area contributed by atoms with Gasteiger partial charge < -0.3 is 15.2 Å². The molecule has 1 atom stereocenters. The van der Waals surface area contributed by atoms with Crippen LogP contribution in [0.25, 0.3) is 11.0 Å². The molecule has 3 aromatic heterocycles. The molecule has 124 valence electrons. The Morgan fingerprint density at radius 1 is 1.29 bits per heavy atom. The van der Waals surface area contributed by atoms with Gasteiger partial charge in [-0.05, 0) is 48.9 Å². The number of rotatable bonds is 3. The van der Waals surface area contributed by atoms with E-state index >= 15 is 0 Å². The zero-order chi connectivity index (χ0) is 16.7. The predicted molar refractivity (Wildman–Crippen MR) is 95.7 cm³/mol. The molecule has 1 unspecified atom stereocenters. The number of aryl methyl sites for hydroxylation is 1. The van der Waals surface area contributed by atoms with Crippen LogP contribution in [0.3, 0.4) is 0 Å². The first-order valence-electron chi connectivity index (χ1n) is 8.44. The summed E-state index contributed by atoms with van der Waals surface area (Å²) in [5, 5.41) is 1.28. The molecule has 0 bridgehead atoms. The maximum Gasteiger partial charge on any atom is 0.140 e. The number of hydrogen-bond donors (Lipinski definition) is 1. The van der Waals surface area contributed by atoms with Crippen LogP contribution in [0.5, 0.6) is 0 Å². The van der Waals surface area contributed by atoms with E-state index in [0.29, 0.717) is 0 Å². The van der Waals surface area contributed by atoms with Crippen LogP contribution in [0.2, 0.25) is 0 Å². The van der Waals surface area contributed by atoms with Crippen molar-refractivity contribution in [2.45, 2.75) is 32.5 Å². The minimum Gasteiger partial charge on any atom is -0.327 e. The maximum atomic E-state index is 6.48. The molecule has 3 aromatic rings. The van der Waals surface area contributed by atoms with Gasteiger partial charge in [0.2, 0.25) is 0 Å². The summed E-state index contributed by atoms with van der Waals surface area (Å²) < 4.78 is 2.34. The second kappa shape index (κ2) is 6.00. The van der Waals surface area contributed by atoms with Crippen LogP contribution < -0.4 is 5.73 Å². The van der Waals surface area contributed by atoms with E-state index in [2.05, 4.69) is 34.5 Å². The molecule has 0 aliphatic carbocycles. The van der Waals surface area contributed by atoms with Gasteiger partial charge in [0.1, 0.15) is 5.65 Å². The van der Waals surface area contributed by atoms with E-state index in [1.165, 1.54) is 22.2 Å². The molecule has 1 aliphatic rings. The maximum absolute atomic E-state index is 6.48. The predicted octanol–water partition coefficient (Wildman–Crippen LogP) is 2.43. The SMILES string of the molecule is Cc1cnc2c(c1)c1c(n2CC(N)c2ccncc2)CCN(C)C1. The minimum atomic E-state index is -0.0598. The van der Waals surface area contributed by atoms with Crippen molar-refractivity contribution in [2.24, 2.45) is 5.73 Å². The van der Waals surface area contributed by atoms with Crippen molar-refractivity contribution in [2.75, 3.05) is 13.6 Å². The molecule has 2 N–H and O–H groups in total. The molecule has 0 spiro atoms. The molecule has 0 fully saturated rings. The topological polar surface area (TPSA) is 60.0 Å². The summed E-state index contributed by atoms with van der Waals surface area (Å²) >= 11 is 0. The first-order chi connectivity index (χ1) is 11.6. The van der Waals surface area contributed by atoms with Gasteiger partial charge in [-0.15, -0.1) is 0 Å². The van der Waals surface area contributed by atoms with E-state index in [0.717, 1.165) is 37.3 Å². The molecule has 5 nitrogen and oxygen atoms in total. The summed E-state index contributed by atoms with van der Waals surface area (Å²) in [6.07, 6.45) is 6.60. The summed E-state index contributed by atoms with van der Waals surface area (Å²) in [6.45, 7) is 4.91. The molecule has 0 saturated carbocycles. The van der Waals surface area contributed by atoms with Crippen molar-refractivity contribution in [3.8, 4) is 0 Å². The number of nitrogens with two attached hydrogens (primary N) is 1. The highest BCUT2D eigenvalue weighted by atomic mass is 15.1. The zero-order valence-corrected chi connectivity index (χ0v) is 14.2. The van der Waals surface area contributed by atoms with Crippen molar-refractivity contribution in [1.29, 1.82) is 0 Å². The van der Waals surface area contributed by atoms with Crippen LogP contribution in [-0.4, -0.2) is 33.0 Å². The Labute approximate surface area is 142 Å². The molecule has 0 aromatic carbocycles. The summed E-state index contributed by atoms with van der Waals surface area (Å²) in [7, 11) is 2.18. The quantitative estimate of drug-likeness (QED) is 0.805. The third-order valence-corrected chi connectivity index (χ3v) is 4.93. The number of nitrogens with zero attached hydrogens (tertiary/aromatic N) is 4. The van der Waals surface area contributed by atoms with E-state index in [4.69, 9.17) is 10.7 Å². The number of pyridine rings is 2. The highest BCUT2D eigenvalue weighted by Gasteiger charge is 2.24. The Morgan fingerprint density at radius 3 is 2.88 bits per heavy atom. The van der Waals surface area contributed by atoms with Crippen LogP contribution in [0.15, 0.2) is 36.8 Å². The lowest BCUT2D eigenvalue weighted by Crippen LogP contribution is -2.28. The molecule has 0 amide bonds. The van der Waals surface area contributed by atoms with Gasteiger partial charge in [0, 0.05) is 61.8 Å². The van der Waals surface area contributed by atoms with Gasteiger partial charge in [0.25, 0.3) is 0 Å². The van der Waals surface area contributed by atoms with Gasteiger partial charge in [-0.3, -0.25) is 4.98 Å². The Bertz CT molecular complexity index is 868. The molecule has 5 heteroatoms. The van der Waals surface area contributed by atoms with E-state index < -0.39 is 0 Å². The van der Waals surface area contributed by atoms with Crippen molar-refractivity contribution >= 4 is 11.0 Å². The molecule has 24 heavy (non-hydrogen) atoms. The minimum absolute atomic E-state index is 0.0598. The summed E-state index contributed by atoms with van der Waals surface area (Å²) in [4.78, 5) is 11.2. The largest absolute Gasteiger partial charge is 0.327 e. The normalized spacial score (nSPS) is 16.3. The average molecular weight is 321 g/mol. The van der Waals surface area contributed by atoms with E-state index in [-0.39, 0.29) is 6.04 Å². The molecule has 1 aliphatic heterocycles. The molecular formula is C19H23N5. The highest BCUT2D eigenvalue weighted by Crippen LogP contribution is 2.31. The number of fused-ring (bicyclic) bond motifs is 3. The number of hydrogen-bond acceptors (Lipinski definition) is 4. The van der Waals surface area contributed by atoms with Crippen LogP contribution in [0, 0.1) is 6.92 Å². The monoisotopic (exact) mass is 321 g/mol. The summed E-state index contributed by atoms with van der Waals surface area (Å²) in [5.41, 5.74) is 12.7. The van der Waals surface area contributed by atoms with Gasteiger partial charge in [-0.1, -0.05) is 0 Å². The first-order valence-corrected chi connectivity index (χ1v) is 8.44. The lowest BCUT2D eigenvalue weighted by atomic mass is 10.0. The smallest absolute Gasteiger partial charge is 0.140 e. The number of aromatic nitrogens is 3. The average Bonchev–Trinajstić information content (AvgIpc) is 2.88. The van der Waals surface area contributed by atoms with E-state index in [1.54, 1.807) is 12.4 Å². The molecule has 4 heterocycles. The Balaban J connectivity index is 1.80. The van der Waals surface area contributed by atoms with Gasteiger partial charge >= 0.3 is 0 Å². The second-order valence-corrected chi connectivity index (χ2v) is 6.79.